The predicted molar refractivity (Wildman–Crippen MR) is 45.2 cm³/mol. The third-order valence-corrected chi connectivity index (χ3v) is 1.93. The maximum absolute atomic E-state index is 13.1. The standard InChI is InChI=1S/C9H2F5N3/c10-6-3(1-15)5(9(12,13)14)4(2-16)8(17)7(6)11/h17H2. The number of nitrogens with two attached hydrogens (primary N) is 1. The summed E-state index contributed by atoms with van der Waals surface area (Å²) in [5.74, 6) is -3.86. The fourth-order valence-electron chi connectivity index (χ4n) is 1.21. The molecule has 0 atom stereocenters. The summed E-state index contributed by atoms with van der Waals surface area (Å²) in [6, 6.07) is 1.88. The predicted octanol–water partition coefficient (Wildman–Crippen LogP) is 2.31. The number of rotatable bonds is 0. The van der Waals surface area contributed by atoms with E-state index in [2.05, 4.69) is 0 Å². The summed E-state index contributed by atoms with van der Waals surface area (Å²) < 4.78 is 63.7. The molecule has 0 saturated heterocycles. The van der Waals surface area contributed by atoms with Crippen LogP contribution in [0.1, 0.15) is 16.7 Å². The molecule has 2 N–H and O–H groups in total. The second kappa shape index (κ2) is 3.91. The van der Waals surface area contributed by atoms with Crippen LogP contribution < -0.4 is 5.73 Å². The molecule has 0 radical (unpaired) electrons. The van der Waals surface area contributed by atoms with E-state index in [1.54, 1.807) is 0 Å². The van der Waals surface area contributed by atoms with Crippen molar-refractivity contribution >= 4 is 5.69 Å². The van der Waals surface area contributed by atoms with Gasteiger partial charge < -0.3 is 5.73 Å². The zero-order chi connectivity index (χ0) is 13.4. The van der Waals surface area contributed by atoms with E-state index in [-0.39, 0.29) is 0 Å². The lowest BCUT2D eigenvalue weighted by molar-refractivity contribution is -0.138. The fraction of sp³-hybridized carbons (Fsp3) is 0.111. The van der Waals surface area contributed by atoms with E-state index in [0.717, 1.165) is 12.1 Å². The molecule has 1 aromatic rings. The molecule has 0 aliphatic heterocycles. The summed E-state index contributed by atoms with van der Waals surface area (Å²) in [6.07, 6.45) is -5.18. The highest BCUT2D eigenvalue weighted by Crippen LogP contribution is 2.39. The van der Waals surface area contributed by atoms with E-state index in [1.807, 2.05) is 0 Å². The minimum Gasteiger partial charge on any atom is -0.395 e. The van der Waals surface area contributed by atoms with Gasteiger partial charge in [-0.1, -0.05) is 0 Å². The zero-order valence-corrected chi connectivity index (χ0v) is 7.86. The summed E-state index contributed by atoms with van der Waals surface area (Å²) in [7, 11) is 0. The van der Waals surface area contributed by atoms with Gasteiger partial charge in [-0.2, -0.15) is 23.7 Å². The third kappa shape index (κ3) is 1.85. The number of nitrogens with zero attached hydrogens (tertiary/aromatic N) is 2. The van der Waals surface area contributed by atoms with Gasteiger partial charge in [0, 0.05) is 0 Å². The average molecular weight is 247 g/mol. The number of anilines is 1. The molecule has 1 rings (SSSR count). The van der Waals surface area contributed by atoms with Crippen LogP contribution >= 0.6 is 0 Å². The summed E-state index contributed by atoms with van der Waals surface area (Å²) in [5.41, 5.74) is -1.14. The minimum absolute atomic E-state index is 0.872. The molecule has 0 amide bonds. The van der Waals surface area contributed by atoms with Gasteiger partial charge in [0.2, 0.25) is 0 Å². The van der Waals surface area contributed by atoms with Crippen molar-refractivity contribution in [3.63, 3.8) is 0 Å². The van der Waals surface area contributed by atoms with Gasteiger partial charge in [0.1, 0.15) is 17.7 Å². The molecule has 0 fully saturated rings. The molecule has 0 aliphatic carbocycles. The van der Waals surface area contributed by atoms with Crippen molar-refractivity contribution in [2.75, 3.05) is 5.73 Å². The van der Waals surface area contributed by atoms with Gasteiger partial charge in [0.05, 0.1) is 16.8 Å². The number of nitrogen functional groups attached to an aromatic ring is 1. The van der Waals surface area contributed by atoms with E-state index in [4.69, 9.17) is 16.3 Å². The first-order chi connectivity index (χ1) is 7.75. The van der Waals surface area contributed by atoms with Crippen LogP contribution in [0.2, 0.25) is 0 Å². The van der Waals surface area contributed by atoms with Crippen LogP contribution in [0.25, 0.3) is 0 Å². The number of halogens is 5. The van der Waals surface area contributed by atoms with E-state index in [1.165, 1.54) is 0 Å². The van der Waals surface area contributed by atoms with Gasteiger partial charge in [0.15, 0.2) is 11.6 Å². The Kier molecular flexibility index (Phi) is 2.92. The largest absolute Gasteiger partial charge is 0.419 e. The molecule has 88 valence electrons. The average Bonchev–Trinajstić information content (AvgIpc) is 2.24. The second-order valence-electron chi connectivity index (χ2n) is 2.89. The topological polar surface area (TPSA) is 73.6 Å². The van der Waals surface area contributed by atoms with Crippen LogP contribution in [0.4, 0.5) is 27.6 Å². The highest BCUT2D eigenvalue weighted by molar-refractivity contribution is 5.64. The number of nitriles is 2. The molecule has 8 heteroatoms. The highest BCUT2D eigenvalue weighted by Gasteiger charge is 2.40. The summed E-state index contributed by atoms with van der Waals surface area (Å²) in [6.45, 7) is 0. The lowest BCUT2D eigenvalue weighted by Gasteiger charge is -2.13. The van der Waals surface area contributed by atoms with Gasteiger partial charge in [0.25, 0.3) is 0 Å². The Morgan fingerprint density at radius 3 is 1.76 bits per heavy atom. The van der Waals surface area contributed by atoms with Crippen LogP contribution in [0.5, 0.6) is 0 Å². The van der Waals surface area contributed by atoms with Crippen LogP contribution in [0, 0.1) is 34.3 Å². The maximum atomic E-state index is 13.1. The number of hydrogen-bond acceptors (Lipinski definition) is 3. The molecule has 3 nitrogen and oxygen atoms in total. The highest BCUT2D eigenvalue weighted by atomic mass is 19.4. The Bertz CT molecular complexity index is 521. The number of benzene rings is 1. The van der Waals surface area contributed by atoms with Gasteiger partial charge in [-0.3, -0.25) is 0 Å². The molecule has 1 aromatic carbocycles. The van der Waals surface area contributed by atoms with Crippen molar-refractivity contribution < 1.29 is 22.0 Å². The Hall–Kier alpha value is -2.35. The first-order valence-corrected chi connectivity index (χ1v) is 3.93. The first kappa shape index (κ1) is 12.7. The summed E-state index contributed by atoms with van der Waals surface area (Å²) in [5, 5.41) is 16.9. The van der Waals surface area contributed by atoms with Crippen molar-refractivity contribution in [2.24, 2.45) is 0 Å². The molecule has 0 aromatic heterocycles. The van der Waals surface area contributed by atoms with Gasteiger partial charge >= 0.3 is 6.18 Å². The van der Waals surface area contributed by atoms with E-state index >= 15 is 0 Å². The molecule has 0 spiro atoms. The Morgan fingerprint density at radius 2 is 1.41 bits per heavy atom. The van der Waals surface area contributed by atoms with Crippen molar-refractivity contribution in [2.45, 2.75) is 6.18 Å². The van der Waals surface area contributed by atoms with E-state index in [9.17, 15) is 22.0 Å². The lowest BCUT2D eigenvalue weighted by atomic mass is 9.99. The Labute approximate surface area is 91.5 Å². The van der Waals surface area contributed by atoms with Crippen LogP contribution in [0.3, 0.4) is 0 Å². The maximum Gasteiger partial charge on any atom is 0.419 e. The third-order valence-electron chi connectivity index (χ3n) is 1.93. The normalized spacial score (nSPS) is 10.8. The molecule has 0 aliphatic rings. The van der Waals surface area contributed by atoms with Gasteiger partial charge in [-0.05, 0) is 0 Å². The number of alkyl halides is 3. The molecule has 0 bridgehead atoms. The van der Waals surface area contributed by atoms with Crippen molar-refractivity contribution in [3.05, 3.63) is 28.3 Å². The van der Waals surface area contributed by atoms with Crippen molar-refractivity contribution in [1.82, 2.24) is 0 Å². The first-order valence-electron chi connectivity index (χ1n) is 3.93. The van der Waals surface area contributed by atoms with Crippen molar-refractivity contribution in [3.8, 4) is 12.1 Å². The van der Waals surface area contributed by atoms with E-state index in [0.29, 0.717) is 0 Å². The Balaban J connectivity index is 3.94. The summed E-state index contributed by atoms with van der Waals surface area (Å²) in [4.78, 5) is 0. The van der Waals surface area contributed by atoms with Crippen molar-refractivity contribution in [1.29, 1.82) is 10.5 Å². The molecular weight excluding hydrogens is 245 g/mol. The number of hydrogen-bond donors (Lipinski definition) is 1. The zero-order valence-electron chi connectivity index (χ0n) is 7.86. The second-order valence-corrected chi connectivity index (χ2v) is 2.89. The lowest BCUT2D eigenvalue weighted by Crippen LogP contribution is -2.16. The molecule has 17 heavy (non-hydrogen) atoms. The van der Waals surface area contributed by atoms with Gasteiger partial charge in [-0.15, -0.1) is 0 Å². The fourth-order valence-corrected chi connectivity index (χ4v) is 1.21. The molecular formula is C9H2F5N3. The smallest absolute Gasteiger partial charge is 0.395 e. The van der Waals surface area contributed by atoms with E-state index < -0.39 is 40.2 Å². The minimum atomic E-state index is -5.18. The quantitative estimate of drug-likeness (QED) is 0.564. The SMILES string of the molecule is N#Cc1c(N)c(F)c(F)c(C#N)c1C(F)(F)F. The molecule has 0 saturated carbocycles. The van der Waals surface area contributed by atoms with Crippen LogP contribution in [0.15, 0.2) is 0 Å². The van der Waals surface area contributed by atoms with Crippen LogP contribution in [-0.4, -0.2) is 0 Å². The summed E-state index contributed by atoms with van der Waals surface area (Å²) >= 11 is 0. The molecule has 0 heterocycles. The van der Waals surface area contributed by atoms with Gasteiger partial charge in [-0.25, -0.2) is 8.78 Å². The Morgan fingerprint density at radius 1 is 0.941 bits per heavy atom. The molecule has 0 unspecified atom stereocenters. The van der Waals surface area contributed by atoms with Crippen LogP contribution in [-0.2, 0) is 6.18 Å². The monoisotopic (exact) mass is 247 g/mol.